The molecule has 0 aromatic carbocycles. The summed E-state index contributed by atoms with van der Waals surface area (Å²) < 4.78 is 5.30. The Morgan fingerprint density at radius 3 is 2.85 bits per heavy atom. The highest BCUT2D eigenvalue weighted by molar-refractivity contribution is 5.95. The predicted molar refractivity (Wildman–Crippen MR) is 79.1 cm³/mol. The number of aryl methyl sites for hydroxylation is 1. The molecule has 1 amide bonds. The minimum atomic E-state index is -0.0260. The molecule has 0 atom stereocenters. The summed E-state index contributed by atoms with van der Waals surface area (Å²) in [5.74, 6) is 0.742. The molecular formula is C15H23N3O2. The number of amides is 1. The van der Waals surface area contributed by atoms with E-state index in [0.717, 1.165) is 50.5 Å². The molecule has 1 aliphatic heterocycles. The Morgan fingerprint density at radius 2 is 2.15 bits per heavy atom. The summed E-state index contributed by atoms with van der Waals surface area (Å²) in [5.41, 5.74) is 1.52. The van der Waals surface area contributed by atoms with Gasteiger partial charge in [0.2, 0.25) is 0 Å². The molecule has 0 saturated carbocycles. The number of carbonyl (C=O) groups excluding carboxylic acids is 1. The molecule has 0 bridgehead atoms. The van der Waals surface area contributed by atoms with Crippen molar-refractivity contribution in [2.45, 2.75) is 39.2 Å². The third-order valence-corrected chi connectivity index (χ3v) is 3.33. The second-order valence-electron chi connectivity index (χ2n) is 5.17. The fourth-order valence-electron chi connectivity index (χ4n) is 2.25. The lowest BCUT2D eigenvalue weighted by Gasteiger charge is -2.23. The lowest BCUT2D eigenvalue weighted by atomic mass is 10.1. The van der Waals surface area contributed by atoms with Crippen LogP contribution in [-0.2, 0) is 4.74 Å². The van der Waals surface area contributed by atoms with Crippen LogP contribution in [0.4, 0.5) is 5.82 Å². The van der Waals surface area contributed by atoms with E-state index in [1.54, 1.807) is 0 Å². The van der Waals surface area contributed by atoms with Crippen molar-refractivity contribution in [3.63, 3.8) is 0 Å². The van der Waals surface area contributed by atoms with Gasteiger partial charge in [0.05, 0.1) is 0 Å². The number of pyridine rings is 1. The van der Waals surface area contributed by atoms with Crippen molar-refractivity contribution in [3.05, 3.63) is 23.4 Å². The zero-order chi connectivity index (χ0) is 14.4. The van der Waals surface area contributed by atoms with Gasteiger partial charge in [-0.1, -0.05) is 6.92 Å². The second kappa shape index (κ2) is 7.24. The topological polar surface area (TPSA) is 63.2 Å². The minimum Gasteiger partial charge on any atom is -0.381 e. The summed E-state index contributed by atoms with van der Waals surface area (Å²) in [7, 11) is 0. The van der Waals surface area contributed by atoms with E-state index in [0.29, 0.717) is 5.56 Å². The number of rotatable bonds is 5. The molecule has 2 rings (SSSR count). The molecule has 5 heteroatoms. The Morgan fingerprint density at radius 1 is 1.40 bits per heavy atom. The van der Waals surface area contributed by atoms with Crippen molar-refractivity contribution in [1.82, 2.24) is 10.3 Å². The van der Waals surface area contributed by atoms with Gasteiger partial charge in [-0.25, -0.2) is 4.98 Å². The van der Waals surface area contributed by atoms with E-state index in [1.807, 2.05) is 19.1 Å². The van der Waals surface area contributed by atoms with E-state index >= 15 is 0 Å². The molecule has 0 radical (unpaired) electrons. The molecule has 110 valence electrons. The van der Waals surface area contributed by atoms with E-state index in [9.17, 15) is 4.79 Å². The van der Waals surface area contributed by atoms with Crippen LogP contribution < -0.4 is 10.6 Å². The van der Waals surface area contributed by atoms with Crippen molar-refractivity contribution in [2.24, 2.45) is 0 Å². The Hall–Kier alpha value is -1.62. The normalized spacial score (nSPS) is 15.9. The molecular weight excluding hydrogens is 254 g/mol. The highest BCUT2D eigenvalue weighted by atomic mass is 16.5. The van der Waals surface area contributed by atoms with E-state index in [4.69, 9.17) is 4.74 Å². The molecule has 2 N–H and O–H groups in total. The standard InChI is InChI=1S/C15H23N3O2/c1-3-6-16-14-10-12(9-11(2)17-14)15(19)18-13-4-7-20-8-5-13/h9-10,13H,3-8H2,1-2H3,(H,16,17)(H,18,19). The van der Waals surface area contributed by atoms with Gasteiger partial charge in [0, 0.05) is 37.1 Å². The lowest BCUT2D eigenvalue weighted by Crippen LogP contribution is -2.38. The third kappa shape index (κ3) is 4.20. The zero-order valence-electron chi connectivity index (χ0n) is 12.2. The summed E-state index contributed by atoms with van der Waals surface area (Å²) in [6.45, 7) is 6.31. The van der Waals surface area contributed by atoms with Crippen LogP contribution in [-0.4, -0.2) is 36.7 Å². The maximum Gasteiger partial charge on any atom is 0.251 e. The number of nitrogens with zero attached hydrogens (tertiary/aromatic N) is 1. The van der Waals surface area contributed by atoms with Gasteiger partial charge in [-0.05, 0) is 38.3 Å². The molecule has 5 nitrogen and oxygen atoms in total. The third-order valence-electron chi connectivity index (χ3n) is 3.33. The van der Waals surface area contributed by atoms with Crippen molar-refractivity contribution >= 4 is 11.7 Å². The van der Waals surface area contributed by atoms with Crippen LogP contribution in [0.15, 0.2) is 12.1 Å². The molecule has 0 unspecified atom stereocenters. The molecule has 1 aromatic heterocycles. The molecule has 1 fully saturated rings. The lowest BCUT2D eigenvalue weighted by molar-refractivity contribution is 0.0696. The molecule has 0 spiro atoms. The first kappa shape index (κ1) is 14.8. The van der Waals surface area contributed by atoms with Crippen LogP contribution in [0.5, 0.6) is 0 Å². The molecule has 1 aromatic rings. The monoisotopic (exact) mass is 277 g/mol. The van der Waals surface area contributed by atoms with Crippen LogP contribution in [0.1, 0.15) is 42.2 Å². The minimum absolute atomic E-state index is 0.0260. The second-order valence-corrected chi connectivity index (χ2v) is 5.17. The molecule has 20 heavy (non-hydrogen) atoms. The molecule has 1 saturated heterocycles. The van der Waals surface area contributed by atoms with E-state index in [1.165, 1.54) is 0 Å². The highest BCUT2D eigenvalue weighted by Gasteiger charge is 2.17. The number of carbonyl (C=O) groups is 1. The zero-order valence-corrected chi connectivity index (χ0v) is 12.2. The average molecular weight is 277 g/mol. The van der Waals surface area contributed by atoms with Gasteiger partial charge in [-0.2, -0.15) is 0 Å². The van der Waals surface area contributed by atoms with E-state index in [-0.39, 0.29) is 11.9 Å². The van der Waals surface area contributed by atoms with Crippen LogP contribution in [0.25, 0.3) is 0 Å². The quantitative estimate of drug-likeness (QED) is 0.865. The summed E-state index contributed by atoms with van der Waals surface area (Å²) >= 11 is 0. The first-order chi connectivity index (χ1) is 9.69. The Labute approximate surface area is 120 Å². The number of hydrogen-bond donors (Lipinski definition) is 2. The Bertz CT molecular complexity index is 456. The summed E-state index contributed by atoms with van der Waals surface area (Å²) in [6, 6.07) is 3.86. The first-order valence-corrected chi connectivity index (χ1v) is 7.30. The van der Waals surface area contributed by atoms with E-state index < -0.39 is 0 Å². The summed E-state index contributed by atoms with van der Waals surface area (Å²) in [5, 5.41) is 6.29. The Kier molecular flexibility index (Phi) is 5.35. The number of nitrogens with one attached hydrogen (secondary N) is 2. The SMILES string of the molecule is CCCNc1cc(C(=O)NC2CCOCC2)cc(C)n1. The highest BCUT2D eigenvalue weighted by Crippen LogP contribution is 2.12. The number of hydrogen-bond acceptors (Lipinski definition) is 4. The van der Waals surface area contributed by atoms with Gasteiger partial charge in [0.15, 0.2) is 0 Å². The van der Waals surface area contributed by atoms with Gasteiger partial charge >= 0.3 is 0 Å². The van der Waals surface area contributed by atoms with Crippen LogP contribution in [0, 0.1) is 6.92 Å². The van der Waals surface area contributed by atoms with Crippen molar-refractivity contribution < 1.29 is 9.53 Å². The van der Waals surface area contributed by atoms with Gasteiger partial charge in [0.1, 0.15) is 5.82 Å². The van der Waals surface area contributed by atoms with Crippen molar-refractivity contribution in [3.8, 4) is 0 Å². The fourth-order valence-corrected chi connectivity index (χ4v) is 2.25. The maximum atomic E-state index is 12.3. The summed E-state index contributed by atoms with van der Waals surface area (Å²) in [6.07, 6.45) is 2.80. The van der Waals surface area contributed by atoms with Crippen LogP contribution in [0.2, 0.25) is 0 Å². The number of anilines is 1. The van der Waals surface area contributed by atoms with Gasteiger partial charge in [0.25, 0.3) is 5.91 Å². The van der Waals surface area contributed by atoms with Gasteiger partial charge in [-0.15, -0.1) is 0 Å². The fraction of sp³-hybridized carbons (Fsp3) is 0.600. The smallest absolute Gasteiger partial charge is 0.251 e. The van der Waals surface area contributed by atoms with Crippen LogP contribution >= 0.6 is 0 Å². The molecule has 2 heterocycles. The largest absolute Gasteiger partial charge is 0.381 e. The van der Waals surface area contributed by atoms with E-state index in [2.05, 4.69) is 22.5 Å². The molecule has 0 aliphatic carbocycles. The number of ether oxygens (including phenoxy) is 1. The van der Waals surface area contributed by atoms with Crippen molar-refractivity contribution in [1.29, 1.82) is 0 Å². The Balaban J connectivity index is 2.02. The van der Waals surface area contributed by atoms with Gasteiger partial charge in [-0.3, -0.25) is 4.79 Å². The molecule has 1 aliphatic rings. The van der Waals surface area contributed by atoms with Crippen LogP contribution in [0.3, 0.4) is 0 Å². The summed E-state index contributed by atoms with van der Waals surface area (Å²) in [4.78, 5) is 16.7. The predicted octanol–water partition coefficient (Wildman–Crippen LogP) is 2.12. The maximum absolute atomic E-state index is 12.3. The van der Waals surface area contributed by atoms with Crippen molar-refractivity contribution in [2.75, 3.05) is 25.1 Å². The first-order valence-electron chi connectivity index (χ1n) is 7.30. The average Bonchev–Trinajstić information content (AvgIpc) is 2.45. The number of aromatic nitrogens is 1. The van der Waals surface area contributed by atoms with Gasteiger partial charge < -0.3 is 15.4 Å².